The molecule has 7 heteroatoms. The monoisotopic (exact) mass is 199 g/mol. The van der Waals surface area contributed by atoms with E-state index < -0.39 is 23.6 Å². The van der Waals surface area contributed by atoms with Gasteiger partial charge in [-0.2, -0.15) is 0 Å². The second kappa shape index (κ2) is 3.88. The maximum absolute atomic E-state index is 11.1. The Hall–Kier alpha value is -1.89. The van der Waals surface area contributed by atoms with E-state index in [-0.39, 0.29) is 17.8 Å². The molecule has 0 radical (unpaired) electrons. The summed E-state index contributed by atoms with van der Waals surface area (Å²) in [5.74, 6) is -1.14. The Labute approximate surface area is 77.6 Å². The first-order valence-electron chi connectivity index (χ1n) is 3.80. The van der Waals surface area contributed by atoms with Crippen LogP contribution >= 0.6 is 0 Å². The second-order valence-corrected chi connectivity index (χ2v) is 2.64. The smallest absolute Gasteiger partial charge is 0.325 e. The average Bonchev–Trinajstić information content (AvgIpc) is 2.01. The number of H-pyrrole nitrogens is 2. The van der Waals surface area contributed by atoms with Crippen LogP contribution in [0.25, 0.3) is 0 Å². The average molecular weight is 199 g/mol. The van der Waals surface area contributed by atoms with Crippen molar-refractivity contribution in [2.75, 3.05) is 0 Å². The summed E-state index contributed by atoms with van der Waals surface area (Å²) in [4.78, 5) is 36.5. The number of hydrogen-bond acceptors (Lipinski definition) is 4. The molecule has 0 saturated carbocycles. The fraction of sp³-hybridized carbons (Fsp3) is 0.286. The fourth-order valence-corrected chi connectivity index (χ4v) is 1.08. The highest BCUT2D eigenvalue weighted by atomic mass is 16.4. The van der Waals surface area contributed by atoms with Gasteiger partial charge in [-0.25, -0.2) is 4.79 Å². The molecule has 14 heavy (non-hydrogen) atoms. The standard InChI is InChI=1S/C7H9N3O4/c8-2-3-4(1-5(11)12)9-7(14)10-6(3)13/h1-2,8H2,(H,11,12)(H2,9,10,13,14). The van der Waals surface area contributed by atoms with E-state index in [1.807, 2.05) is 4.98 Å². The fourth-order valence-electron chi connectivity index (χ4n) is 1.08. The Balaban J connectivity index is 3.32. The van der Waals surface area contributed by atoms with Gasteiger partial charge in [0.15, 0.2) is 0 Å². The molecule has 1 aromatic rings. The van der Waals surface area contributed by atoms with Crippen LogP contribution in [0.15, 0.2) is 9.59 Å². The third kappa shape index (κ3) is 2.07. The van der Waals surface area contributed by atoms with E-state index >= 15 is 0 Å². The van der Waals surface area contributed by atoms with Crippen LogP contribution in [0.4, 0.5) is 0 Å². The van der Waals surface area contributed by atoms with Gasteiger partial charge in [0, 0.05) is 12.2 Å². The normalized spacial score (nSPS) is 10.1. The van der Waals surface area contributed by atoms with Crippen molar-refractivity contribution in [2.24, 2.45) is 5.73 Å². The molecule has 0 aliphatic carbocycles. The Morgan fingerprint density at radius 2 is 2.00 bits per heavy atom. The summed E-state index contributed by atoms with van der Waals surface area (Å²) >= 11 is 0. The number of nitrogens with two attached hydrogens (primary N) is 1. The predicted octanol–water partition coefficient (Wildman–Crippen LogP) is -1.85. The zero-order chi connectivity index (χ0) is 10.7. The van der Waals surface area contributed by atoms with Gasteiger partial charge >= 0.3 is 11.7 Å². The molecule has 1 heterocycles. The summed E-state index contributed by atoms with van der Waals surface area (Å²) in [7, 11) is 0. The van der Waals surface area contributed by atoms with E-state index in [1.54, 1.807) is 0 Å². The molecule has 0 fully saturated rings. The van der Waals surface area contributed by atoms with E-state index in [2.05, 4.69) is 4.98 Å². The van der Waals surface area contributed by atoms with E-state index in [1.165, 1.54) is 0 Å². The summed E-state index contributed by atoms with van der Waals surface area (Å²) in [5.41, 5.74) is 4.00. The molecule has 0 saturated heterocycles. The molecule has 5 N–H and O–H groups in total. The number of nitrogens with one attached hydrogen (secondary N) is 2. The van der Waals surface area contributed by atoms with E-state index in [0.29, 0.717) is 0 Å². The quantitative estimate of drug-likeness (QED) is 0.454. The zero-order valence-electron chi connectivity index (χ0n) is 7.16. The van der Waals surface area contributed by atoms with Gasteiger partial charge in [-0.15, -0.1) is 0 Å². The van der Waals surface area contributed by atoms with E-state index in [0.717, 1.165) is 0 Å². The number of aliphatic carboxylic acids is 1. The molecule has 0 spiro atoms. The van der Waals surface area contributed by atoms with Crippen LogP contribution in [0.3, 0.4) is 0 Å². The lowest BCUT2D eigenvalue weighted by molar-refractivity contribution is -0.136. The number of carbonyl (C=O) groups is 1. The van der Waals surface area contributed by atoms with Crippen molar-refractivity contribution < 1.29 is 9.90 Å². The lowest BCUT2D eigenvalue weighted by atomic mass is 10.2. The highest BCUT2D eigenvalue weighted by Crippen LogP contribution is 1.97. The third-order valence-electron chi connectivity index (χ3n) is 1.66. The number of hydrogen-bond donors (Lipinski definition) is 4. The Kier molecular flexibility index (Phi) is 2.82. The number of carboxylic acids is 1. The molecular weight excluding hydrogens is 190 g/mol. The minimum Gasteiger partial charge on any atom is -0.481 e. The first-order valence-corrected chi connectivity index (χ1v) is 3.80. The highest BCUT2D eigenvalue weighted by Gasteiger charge is 2.10. The van der Waals surface area contributed by atoms with Gasteiger partial charge in [-0.3, -0.25) is 14.6 Å². The number of carboxylic acid groups (broad SMARTS) is 1. The second-order valence-electron chi connectivity index (χ2n) is 2.64. The van der Waals surface area contributed by atoms with Crippen LogP contribution in [-0.4, -0.2) is 21.0 Å². The minimum atomic E-state index is -1.14. The summed E-state index contributed by atoms with van der Waals surface area (Å²) in [6, 6.07) is 0. The van der Waals surface area contributed by atoms with Gasteiger partial charge < -0.3 is 15.8 Å². The van der Waals surface area contributed by atoms with Crippen molar-refractivity contribution >= 4 is 5.97 Å². The van der Waals surface area contributed by atoms with Crippen LogP contribution < -0.4 is 17.0 Å². The molecule has 0 unspecified atom stereocenters. The number of aromatic nitrogens is 2. The van der Waals surface area contributed by atoms with E-state index in [9.17, 15) is 14.4 Å². The molecule has 7 nitrogen and oxygen atoms in total. The predicted molar refractivity (Wildman–Crippen MR) is 46.9 cm³/mol. The lowest BCUT2D eigenvalue weighted by Crippen LogP contribution is -2.30. The van der Waals surface area contributed by atoms with Gasteiger partial charge in [0.1, 0.15) is 0 Å². The maximum atomic E-state index is 11.1. The molecule has 76 valence electrons. The molecule has 0 aromatic carbocycles. The van der Waals surface area contributed by atoms with E-state index in [4.69, 9.17) is 10.8 Å². The van der Waals surface area contributed by atoms with Crippen LogP contribution in [-0.2, 0) is 17.8 Å². The molecule has 0 atom stereocenters. The first-order chi connectivity index (χ1) is 6.54. The molecule has 0 amide bonds. The molecule has 1 rings (SSSR count). The number of aromatic amines is 2. The molecular formula is C7H9N3O4. The summed E-state index contributed by atoms with van der Waals surface area (Å²) in [6.45, 7) is -0.116. The Morgan fingerprint density at radius 1 is 1.36 bits per heavy atom. The van der Waals surface area contributed by atoms with Crippen molar-refractivity contribution in [3.05, 3.63) is 32.1 Å². The van der Waals surface area contributed by atoms with Gasteiger partial charge in [-0.05, 0) is 0 Å². The van der Waals surface area contributed by atoms with Crippen molar-refractivity contribution in [2.45, 2.75) is 13.0 Å². The molecule has 0 aliphatic rings. The van der Waals surface area contributed by atoms with Crippen molar-refractivity contribution in [1.29, 1.82) is 0 Å². The van der Waals surface area contributed by atoms with Gasteiger partial charge in [0.25, 0.3) is 5.56 Å². The van der Waals surface area contributed by atoms with Crippen LogP contribution in [0.2, 0.25) is 0 Å². The zero-order valence-corrected chi connectivity index (χ0v) is 7.16. The van der Waals surface area contributed by atoms with Crippen LogP contribution in [0, 0.1) is 0 Å². The first kappa shape index (κ1) is 10.2. The number of rotatable bonds is 3. The summed E-state index contributed by atoms with van der Waals surface area (Å²) in [6.07, 6.45) is -0.425. The highest BCUT2D eigenvalue weighted by molar-refractivity contribution is 5.69. The van der Waals surface area contributed by atoms with Crippen molar-refractivity contribution in [1.82, 2.24) is 9.97 Å². The van der Waals surface area contributed by atoms with Crippen molar-refractivity contribution in [3.8, 4) is 0 Å². The Morgan fingerprint density at radius 3 is 2.50 bits per heavy atom. The largest absolute Gasteiger partial charge is 0.481 e. The minimum absolute atomic E-state index is 0.0498. The summed E-state index contributed by atoms with van der Waals surface area (Å²) < 4.78 is 0. The van der Waals surface area contributed by atoms with Crippen LogP contribution in [0.5, 0.6) is 0 Å². The topological polar surface area (TPSA) is 129 Å². The Bertz CT molecular complexity index is 459. The SMILES string of the molecule is NCc1c(CC(=O)O)[nH]c(=O)[nH]c1=O. The van der Waals surface area contributed by atoms with Gasteiger partial charge in [0.05, 0.1) is 12.0 Å². The summed E-state index contributed by atoms with van der Waals surface area (Å²) in [5, 5.41) is 8.49. The molecule has 0 bridgehead atoms. The third-order valence-corrected chi connectivity index (χ3v) is 1.66. The lowest BCUT2D eigenvalue weighted by Gasteiger charge is -2.02. The molecule has 0 aliphatic heterocycles. The van der Waals surface area contributed by atoms with Gasteiger partial charge in [0.2, 0.25) is 0 Å². The molecule has 1 aromatic heterocycles. The van der Waals surface area contributed by atoms with Crippen LogP contribution in [0.1, 0.15) is 11.3 Å². The van der Waals surface area contributed by atoms with Gasteiger partial charge in [-0.1, -0.05) is 0 Å². The van der Waals surface area contributed by atoms with Crippen molar-refractivity contribution in [3.63, 3.8) is 0 Å². The maximum Gasteiger partial charge on any atom is 0.325 e.